The molecule has 0 saturated heterocycles. The Morgan fingerprint density at radius 3 is 2.56 bits per heavy atom. The summed E-state index contributed by atoms with van der Waals surface area (Å²) in [6.45, 7) is 2.08. The fourth-order valence-corrected chi connectivity index (χ4v) is 2.40. The summed E-state index contributed by atoms with van der Waals surface area (Å²) in [5.41, 5.74) is 3.98. The molecule has 0 spiro atoms. The standard InChI is InChI=1S/C18H18ClN3O3/c1-2-3-9-16(13-7-5-4-6-8-13)20-21-18(23)14-10-11-15(19)17(12-14)22(24)25/h4-8,10-12H,2-3,9H2,1H3,(H,21,23). The molecule has 1 N–H and O–H groups in total. The minimum absolute atomic E-state index is 0.0158. The number of halogens is 1. The van der Waals surface area contributed by atoms with Crippen molar-refractivity contribution in [2.45, 2.75) is 26.2 Å². The van der Waals surface area contributed by atoms with Crippen LogP contribution in [0.5, 0.6) is 0 Å². The van der Waals surface area contributed by atoms with Gasteiger partial charge in [0.1, 0.15) is 5.02 Å². The molecule has 0 fully saturated rings. The monoisotopic (exact) mass is 359 g/mol. The molecule has 0 aromatic heterocycles. The van der Waals surface area contributed by atoms with Gasteiger partial charge in [0.25, 0.3) is 11.6 Å². The Morgan fingerprint density at radius 2 is 1.92 bits per heavy atom. The zero-order valence-electron chi connectivity index (χ0n) is 13.7. The van der Waals surface area contributed by atoms with Gasteiger partial charge in [-0.25, -0.2) is 5.43 Å². The van der Waals surface area contributed by atoms with E-state index in [9.17, 15) is 14.9 Å². The molecule has 0 aliphatic carbocycles. The van der Waals surface area contributed by atoms with Crippen LogP contribution in [0.15, 0.2) is 53.6 Å². The molecule has 0 aliphatic heterocycles. The molecule has 0 saturated carbocycles. The van der Waals surface area contributed by atoms with E-state index in [0.717, 1.165) is 36.6 Å². The molecule has 7 heteroatoms. The molecule has 2 aromatic carbocycles. The highest BCUT2D eigenvalue weighted by atomic mass is 35.5. The molecule has 130 valence electrons. The third kappa shape index (κ3) is 5.12. The van der Waals surface area contributed by atoms with Crippen molar-refractivity contribution in [3.05, 3.63) is 74.8 Å². The molecule has 2 rings (SSSR count). The van der Waals surface area contributed by atoms with Gasteiger partial charge in [-0.15, -0.1) is 0 Å². The summed E-state index contributed by atoms with van der Waals surface area (Å²) in [7, 11) is 0. The number of hydrogen-bond acceptors (Lipinski definition) is 4. The van der Waals surface area contributed by atoms with E-state index in [-0.39, 0.29) is 16.3 Å². The Morgan fingerprint density at radius 1 is 1.20 bits per heavy atom. The second-order valence-electron chi connectivity index (χ2n) is 5.39. The smallest absolute Gasteiger partial charge is 0.267 e. The lowest BCUT2D eigenvalue weighted by Gasteiger charge is -2.07. The summed E-state index contributed by atoms with van der Waals surface area (Å²) in [6, 6.07) is 13.5. The predicted molar refractivity (Wildman–Crippen MR) is 98.1 cm³/mol. The lowest BCUT2D eigenvalue weighted by Crippen LogP contribution is -2.20. The van der Waals surface area contributed by atoms with E-state index in [0.29, 0.717) is 0 Å². The quantitative estimate of drug-likeness (QED) is 0.446. The molecule has 0 heterocycles. The lowest BCUT2D eigenvalue weighted by atomic mass is 10.1. The summed E-state index contributed by atoms with van der Waals surface area (Å²) >= 11 is 5.76. The van der Waals surface area contributed by atoms with Crippen molar-refractivity contribution in [2.24, 2.45) is 5.10 Å². The van der Waals surface area contributed by atoms with Crippen molar-refractivity contribution in [1.82, 2.24) is 5.43 Å². The number of hydrazone groups is 1. The molecule has 1 amide bonds. The normalized spacial score (nSPS) is 11.2. The SMILES string of the molecule is CCCCC(=NNC(=O)c1ccc(Cl)c([N+](=O)[O-])c1)c1ccccc1. The zero-order chi connectivity index (χ0) is 18.2. The molecule has 0 bridgehead atoms. The van der Waals surface area contributed by atoms with Crippen molar-refractivity contribution in [2.75, 3.05) is 0 Å². The van der Waals surface area contributed by atoms with Crippen LogP contribution in [-0.2, 0) is 0 Å². The van der Waals surface area contributed by atoms with Gasteiger partial charge in [0.2, 0.25) is 0 Å². The molecule has 0 atom stereocenters. The largest absolute Gasteiger partial charge is 0.288 e. The average Bonchev–Trinajstić information content (AvgIpc) is 2.62. The van der Waals surface area contributed by atoms with Crippen LogP contribution < -0.4 is 5.43 Å². The molecular weight excluding hydrogens is 342 g/mol. The molecule has 6 nitrogen and oxygen atoms in total. The maximum atomic E-state index is 12.3. The topological polar surface area (TPSA) is 84.6 Å². The lowest BCUT2D eigenvalue weighted by molar-refractivity contribution is -0.384. The Balaban J connectivity index is 2.21. The Kier molecular flexibility index (Phi) is 6.65. The average molecular weight is 360 g/mol. The molecule has 25 heavy (non-hydrogen) atoms. The number of carbonyl (C=O) groups excluding carboxylic acids is 1. The number of rotatable bonds is 7. The second-order valence-corrected chi connectivity index (χ2v) is 5.80. The first-order valence-electron chi connectivity index (χ1n) is 7.89. The minimum atomic E-state index is -0.626. The van der Waals surface area contributed by atoms with Gasteiger partial charge in [-0.05, 0) is 30.5 Å². The molecular formula is C18H18ClN3O3. The summed E-state index contributed by atoms with van der Waals surface area (Å²) in [5.74, 6) is -0.523. The van der Waals surface area contributed by atoms with Crippen LogP contribution in [0.2, 0.25) is 5.02 Å². The Bertz CT molecular complexity index is 791. The molecule has 0 unspecified atom stereocenters. The van der Waals surface area contributed by atoms with Crippen LogP contribution in [0.25, 0.3) is 0 Å². The summed E-state index contributed by atoms with van der Waals surface area (Å²) in [6.07, 6.45) is 2.67. The number of amides is 1. The van der Waals surface area contributed by atoms with Gasteiger partial charge in [-0.1, -0.05) is 55.3 Å². The first-order valence-corrected chi connectivity index (χ1v) is 8.27. The second kappa shape index (κ2) is 8.94. The van der Waals surface area contributed by atoms with Gasteiger partial charge >= 0.3 is 0 Å². The number of nitrogens with one attached hydrogen (secondary N) is 1. The van der Waals surface area contributed by atoms with Gasteiger partial charge in [0, 0.05) is 11.6 Å². The highest BCUT2D eigenvalue weighted by Gasteiger charge is 2.16. The van der Waals surface area contributed by atoms with E-state index in [1.165, 1.54) is 12.1 Å². The first-order chi connectivity index (χ1) is 12.0. The maximum absolute atomic E-state index is 12.3. The number of hydrogen-bond donors (Lipinski definition) is 1. The van der Waals surface area contributed by atoms with Crippen LogP contribution in [0.4, 0.5) is 5.69 Å². The number of unbranched alkanes of at least 4 members (excludes halogenated alkanes) is 1. The van der Waals surface area contributed by atoms with E-state index in [2.05, 4.69) is 17.5 Å². The Labute approximate surface area is 150 Å². The third-order valence-corrected chi connectivity index (χ3v) is 3.89. The van der Waals surface area contributed by atoms with Crippen LogP contribution >= 0.6 is 11.6 Å². The highest BCUT2D eigenvalue weighted by molar-refractivity contribution is 6.32. The van der Waals surface area contributed by atoms with E-state index >= 15 is 0 Å². The van der Waals surface area contributed by atoms with Crippen LogP contribution in [-0.4, -0.2) is 16.5 Å². The first kappa shape index (κ1) is 18.6. The van der Waals surface area contributed by atoms with Crippen molar-refractivity contribution in [1.29, 1.82) is 0 Å². The number of benzene rings is 2. The number of nitro groups is 1. The van der Waals surface area contributed by atoms with Crippen molar-refractivity contribution >= 4 is 28.9 Å². The number of nitrogens with zero attached hydrogens (tertiary/aromatic N) is 2. The predicted octanol–water partition coefficient (Wildman–Crippen LogP) is 4.57. The third-order valence-electron chi connectivity index (χ3n) is 3.57. The number of carbonyl (C=O) groups is 1. The number of nitro benzene ring substituents is 1. The van der Waals surface area contributed by atoms with Gasteiger partial charge in [0.15, 0.2) is 0 Å². The summed E-state index contributed by atoms with van der Waals surface area (Å²) < 4.78 is 0. The van der Waals surface area contributed by atoms with Crippen molar-refractivity contribution in [3.63, 3.8) is 0 Å². The van der Waals surface area contributed by atoms with Crippen LogP contribution in [0.1, 0.15) is 42.1 Å². The van der Waals surface area contributed by atoms with Gasteiger partial charge in [0.05, 0.1) is 10.6 Å². The Hall–Kier alpha value is -2.73. The van der Waals surface area contributed by atoms with E-state index in [4.69, 9.17) is 11.6 Å². The van der Waals surface area contributed by atoms with Gasteiger partial charge in [-0.3, -0.25) is 14.9 Å². The van der Waals surface area contributed by atoms with Gasteiger partial charge < -0.3 is 0 Å². The van der Waals surface area contributed by atoms with Crippen LogP contribution in [0.3, 0.4) is 0 Å². The fourth-order valence-electron chi connectivity index (χ4n) is 2.22. The van der Waals surface area contributed by atoms with Crippen molar-refractivity contribution < 1.29 is 9.72 Å². The van der Waals surface area contributed by atoms with E-state index in [1.54, 1.807) is 0 Å². The van der Waals surface area contributed by atoms with Gasteiger partial charge in [-0.2, -0.15) is 5.10 Å². The highest BCUT2D eigenvalue weighted by Crippen LogP contribution is 2.25. The van der Waals surface area contributed by atoms with Crippen molar-refractivity contribution in [3.8, 4) is 0 Å². The van der Waals surface area contributed by atoms with Crippen LogP contribution in [0, 0.1) is 10.1 Å². The summed E-state index contributed by atoms with van der Waals surface area (Å²) in [4.78, 5) is 22.6. The molecule has 0 radical (unpaired) electrons. The van der Waals surface area contributed by atoms with E-state index < -0.39 is 10.8 Å². The molecule has 0 aliphatic rings. The summed E-state index contributed by atoms with van der Waals surface area (Å²) in [5, 5.41) is 15.1. The maximum Gasteiger partial charge on any atom is 0.288 e. The van der Waals surface area contributed by atoms with E-state index in [1.807, 2.05) is 30.3 Å². The zero-order valence-corrected chi connectivity index (χ0v) is 14.5. The fraction of sp³-hybridized carbons (Fsp3) is 0.222. The minimum Gasteiger partial charge on any atom is -0.267 e. The molecule has 2 aromatic rings.